The molecule has 1 saturated carbocycles. The number of nitrogens with zero attached hydrogens (tertiary/aromatic N) is 2. The maximum Gasteiger partial charge on any atom is 0.226 e. The molecule has 1 N–H and O–H groups in total. The van der Waals surface area contributed by atoms with Crippen molar-refractivity contribution in [2.24, 2.45) is 5.41 Å². The van der Waals surface area contributed by atoms with Crippen LogP contribution in [0.15, 0.2) is 72.9 Å². The summed E-state index contributed by atoms with van der Waals surface area (Å²) >= 11 is 0. The lowest BCUT2D eigenvalue weighted by atomic mass is 10.0. The second-order valence-corrected chi connectivity index (χ2v) is 9.17. The Morgan fingerprint density at radius 2 is 1.82 bits per heavy atom. The van der Waals surface area contributed by atoms with Gasteiger partial charge in [-0.05, 0) is 79.9 Å². The van der Waals surface area contributed by atoms with E-state index in [-0.39, 0.29) is 29.0 Å². The second kappa shape index (κ2) is 8.56. The number of rotatable bonds is 7. The van der Waals surface area contributed by atoms with E-state index in [2.05, 4.69) is 10.4 Å². The van der Waals surface area contributed by atoms with E-state index in [0.717, 1.165) is 29.4 Å². The largest absolute Gasteiger partial charge is 0.484 e. The molecule has 0 bridgehead atoms. The summed E-state index contributed by atoms with van der Waals surface area (Å²) in [5.74, 6) is -0.119. The van der Waals surface area contributed by atoms with Crippen molar-refractivity contribution in [2.45, 2.75) is 38.8 Å². The van der Waals surface area contributed by atoms with Gasteiger partial charge in [0, 0.05) is 10.8 Å². The standard InChI is InChI=1S/C27H25F2N3O2/c1-17(31-26(33)27(2)12-13-27)25(18-4-3-5-21(29)14-18)34-23-10-11-24-19(15-23)16-30-32(24)22-8-6-20(28)7-9-22/h3-11,14-17,25H,12-13H2,1-2H3,(H,31,33). The number of ether oxygens (including phenoxy) is 1. The summed E-state index contributed by atoms with van der Waals surface area (Å²) in [5, 5.41) is 8.32. The van der Waals surface area contributed by atoms with Gasteiger partial charge >= 0.3 is 0 Å². The van der Waals surface area contributed by atoms with E-state index in [1.165, 1.54) is 24.3 Å². The van der Waals surface area contributed by atoms with Crippen molar-refractivity contribution in [3.63, 3.8) is 0 Å². The Bertz CT molecular complexity index is 1350. The number of halogens is 2. The molecule has 1 heterocycles. The average molecular weight is 462 g/mol. The lowest BCUT2D eigenvalue weighted by Crippen LogP contribution is -2.42. The van der Waals surface area contributed by atoms with Crippen molar-refractivity contribution in [1.82, 2.24) is 15.1 Å². The van der Waals surface area contributed by atoms with Crippen LogP contribution in [-0.4, -0.2) is 21.7 Å². The summed E-state index contributed by atoms with van der Waals surface area (Å²) in [6.45, 7) is 3.81. The number of hydrogen-bond donors (Lipinski definition) is 1. The smallest absolute Gasteiger partial charge is 0.226 e. The molecule has 0 saturated heterocycles. The Morgan fingerprint density at radius 1 is 1.06 bits per heavy atom. The van der Waals surface area contributed by atoms with E-state index in [1.807, 2.05) is 32.0 Å². The molecule has 1 aliphatic rings. The third-order valence-electron chi connectivity index (χ3n) is 6.41. The Kier molecular flexibility index (Phi) is 5.55. The van der Waals surface area contributed by atoms with Crippen molar-refractivity contribution in [3.05, 3.63) is 90.1 Å². The fraction of sp³-hybridized carbons (Fsp3) is 0.259. The normalized spacial score (nSPS) is 16.1. The molecule has 4 aromatic rings. The molecule has 2 atom stereocenters. The number of fused-ring (bicyclic) bond motifs is 1. The van der Waals surface area contributed by atoms with Crippen molar-refractivity contribution in [3.8, 4) is 11.4 Å². The Balaban J connectivity index is 1.43. The molecule has 7 heteroatoms. The van der Waals surface area contributed by atoms with E-state index in [0.29, 0.717) is 11.3 Å². The van der Waals surface area contributed by atoms with Crippen molar-refractivity contribution in [1.29, 1.82) is 0 Å². The maximum atomic E-state index is 14.0. The first-order valence-electron chi connectivity index (χ1n) is 11.3. The maximum absolute atomic E-state index is 14.0. The van der Waals surface area contributed by atoms with Gasteiger partial charge in [-0.25, -0.2) is 13.5 Å². The quantitative estimate of drug-likeness (QED) is 0.383. The molecule has 1 aromatic heterocycles. The predicted octanol–water partition coefficient (Wildman–Crippen LogP) is 5.73. The van der Waals surface area contributed by atoms with E-state index in [9.17, 15) is 13.6 Å². The summed E-state index contributed by atoms with van der Waals surface area (Å²) < 4.78 is 35.4. The molecule has 1 aliphatic carbocycles. The highest BCUT2D eigenvalue weighted by molar-refractivity contribution is 5.85. The van der Waals surface area contributed by atoms with E-state index >= 15 is 0 Å². The van der Waals surface area contributed by atoms with Crippen LogP contribution >= 0.6 is 0 Å². The van der Waals surface area contributed by atoms with Crippen molar-refractivity contribution < 1.29 is 18.3 Å². The van der Waals surface area contributed by atoms with Crippen molar-refractivity contribution >= 4 is 16.8 Å². The van der Waals surface area contributed by atoms with Gasteiger partial charge in [0.15, 0.2) is 0 Å². The number of aromatic nitrogens is 2. The minimum absolute atomic E-state index is 0.0129. The average Bonchev–Trinajstić information content (AvgIpc) is 3.44. The Morgan fingerprint density at radius 3 is 2.53 bits per heavy atom. The number of amides is 1. The predicted molar refractivity (Wildman–Crippen MR) is 126 cm³/mol. The number of carbonyl (C=O) groups is 1. The van der Waals surface area contributed by atoms with Crippen LogP contribution < -0.4 is 10.1 Å². The van der Waals surface area contributed by atoms with E-state index in [4.69, 9.17) is 4.74 Å². The molecule has 3 aromatic carbocycles. The van der Waals surface area contributed by atoms with Crippen molar-refractivity contribution in [2.75, 3.05) is 0 Å². The van der Waals surface area contributed by atoms with Crippen LogP contribution in [0.5, 0.6) is 5.75 Å². The zero-order valence-corrected chi connectivity index (χ0v) is 19.0. The van der Waals surface area contributed by atoms with Crippen LogP contribution in [0.4, 0.5) is 8.78 Å². The van der Waals surface area contributed by atoms with Crippen LogP contribution in [0.1, 0.15) is 38.4 Å². The van der Waals surface area contributed by atoms with Gasteiger partial charge in [0.25, 0.3) is 0 Å². The first-order valence-corrected chi connectivity index (χ1v) is 11.3. The third-order valence-corrected chi connectivity index (χ3v) is 6.41. The summed E-state index contributed by atoms with van der Waals surface area (Å²) in [6.07, 6.45) is 2.85. The zero-order valence-electron chi connectivity index (χ0n) is 19.0. The van der Waals surface area contributed by atoms with Gasteiger partial charge in [0.05, 0.1) is 23.4 Å². The lowest BCUT2D eigenvalue weighted by Gasteiger charge is -2.27. The SMILES string of the molecule is CC(NC(=O)C1(C)CC1)C(Oc1ccc2c(cnn2-c2ccc(F)cc2)c1)c1cccc(F)c1. The van der Waals surface area contributed by atoms with E-state index in [1.54, 1.807) is 35.1 Å². The molecular formula is C27H25F2N3O2. The van der Waals surface area contributed by atoms with Crippen LogP contribution in [0, 0.1) is 17.0 Å². The summed E-state index contributed by atoms with van der Waals surface area (Å²) in [4.78, 5) is 12.7. The highest BCUT2D eigenvalue weighted by Crippen LogP contribution is 2.45. The van der Waals surface area contributed by atoms with Gasteiger partial charge < -0.3 is 10.1 Å². The monoisotopic (exact) mass is 461 g/mol. The number of benzene rings is 3. The van der Waals surface area contributed by atoms with Gasteiger partial charge in [0.2, 0.25) is 5.91 Å². The topological polar surface area (TPSA) is 56.1 Å². The van der Waals surface area contributed by atoms with Gasteiger partial charge in [0.1, 0.15) is 23.5 Å². The summed E-state index contributed by atoms with van der Waals surface area (Å²) in [5.41, 5.74) is 1.89. The third kappa shape index (κ3) is 4.38. The molecule has 0 radical (unpaired) electrons. The molecule has 174 valence electrons. The minimum atomic E-state index is -0.591. The first kappa shape index (κ1) is 22.1. The number of carbonyl (C=O) groups excluding carboxylic acids is 1. The van der Waals surface area contributed by atoms with Gasteiger partial charge in [-0.3, -0.25) is 4.79 Å². The molecule has 5 nitrogen and oxygen atoms in total. The number of hydrogen-bond acceptors (Lipinski definition) is 3. The van der Waals surface area contributed by atoms with Crippen LogP contribution in [-0.2, 0) is 4.79 Å². The Hall–Kier alpha value is -3.74. The molecule has 0 spiro atoms. The van der Waals surface area contributed by atoms with Gasteiger partial charge in [-0.1, -0.05) is 19.1 Å². The molecule has 5 rings (SSSR count). The van der Waals surface area contributed by atoms with Crippen LogP contribution in [0.3, 0.4) is 0 Å². The molecule has 34 heavy (non-hydrogen) atoms. The highest BCUT2D eigenvalue weighted by Gasteiger charge is 2.45. The van der Waals surface area contributed by atoms with Gasteiger partial charge in [-0.2, -0.15) is 5.10 Å². The molecule has 0 aliphatic heterocycles. The van der Waals surface area contributed by atoms with Crippen LogP contribution in [0.2, 0.25) is 0 Å². The molecule has 2 unspecified atom stereocenters. The summed E-state index contributed by atoms with van der Waals surface area (Å²) in [6, 6.07) is 17.5. The molecule has 1 fully saturated rings. The Labute approximate surface area is 196 Å². The zero-order chi connectivity index (χ0) is 23.9. The highest BCUT2D eigenvalue weighted by atomic mass is 19.1. The summed E-state index contributed by atoms with van der Waals surface area (Å²) in [7, 11) is 0. The molecule has 1 amide bonds. The second-order valence-electron chi connectivity index (χ2n) is 9.17. The lowest BCUT2D eigenvalue weighted by molar-refractivity contribution is -0.127. The van der Waals surface area contributed by atoms with Gasteiger partial charge in [-0.15, -0.1) is 0 Å². The fourth-order valence-electron chi connectivity index (χ4n) is 4.03. The number of nitrogens with one attached hydrogen (secondary N) is 1. The molecular weight excluding hydrogens is 436 g/mol. The fourth-order valence-corrected chi connectivity index (χ4v) is 4.03. The van der Waals surface area contributed by atoms with E-state index < -0.39 is 6.10 Å². The minimum Gasteiger partial charge on any atom is -0.484 e. The van der Waals surface area contributed by atoms with Crippen LogP contribution in [0.25, 0.3) is 16.6 Å². The first-order chi connectivity index (χ1) is 16.3.